The Hall–Kier alpha value is -3.13. The third kappa shape index (κ3) is 2.75. The first-order valence-corrected chi connectivity index (χ1v) is 10.7. The highest BCUT2D eigenvalue weighted by atomic mass is 35.5. The Bertz CT molecular complexity index is 1170. The van der Waals surface area contributed by atoms with Gasteiger partial charge in [-0.15, -0.1) is 0 Å². The molecule has 2 aromatic carbocycles. The molecule has 3 aliphatic rings. The van der Waals surface area contributed by atoms with Crippen molar-refractivity contribution in [3.63, 3.8) is 0 Å². The van der Waals surface area contributed by atoms with E-state index in [9.17, 15) is 18.8 Å². The highest BCUT2D eigenvalue weighted by Crippen LogP contribution is 2.57. The molecule has 7 nitrogen and oxygen atoms in total. The summed E-state index contributed by atoms with van der Waals surface area (Å²) >= 11 is 6.25. The Balaban J connectivity index is 1.76. The van der Waals surface area contributed by atoms with Crippen LogP contribution in [0.1, 0.15) is 35.8 Å². The molecule has 9 heteroatoms. The number of nitrogens with one attached hydrogen (secondary N) is 1. The van der Waals surface area contributed by atoms with Crippen LogP contribution in [0, 0.1) is 17.7 Å². The van der Waals surface area contributed by atoms with Crippen molar-refractivity contribution in [2.75, 3.05) is 18.5 Å². The number of benzene rings is 2. The summed E-state index contributed by atoms with van der Waals surface area (Å²) in [6.07, 6.45) is 0. The van der Waals surface area contributed by atoms with Gasteiger partial charge in [0.2, 0.25) is 0 Å². The lowest BCUT2D eigenvalue weighted by atomic mass is 9.77. The summed E-state index contributed by atoms with van der Waals surface area (Å²) in [7, 11) is 0. The Morgan fingerprint density at radius 3 is 2.84 bits per heavy atom. The molecule has 1 N–H and O–H groups in total. The molecular formula is C23H20ClFN2O5. The van der Waals surface area contributed by atoms with Crippen LogP contribution in [0.3, 0.4) is 0 Å². The van der Waals surface area contributed by atoms with E-state index in [4.69, 9.17) is 21.1 Å². The summed E-state index contributed by atoms with van der Waals surface area (Å²) in [5, 5.41) is 3.10. The van der Waals surface area contributed by atoms with Crippen LogP contribution >= 0.6 is 11.6 Å². The van der Waals surface area contributed by atoms with E-state index in [-0.39, 0.29) is 24.5 Å². The lowest BCUT2D eigenvalue weighted by Crippen LogP contribution is -2.57. The van der Waals surface area contributed by atoms with Gasteiger partial charge >= 0.3 is 5.97 Å². The van der Waals surface area contributed by atoms with Crippen molar-refractivity contribution < 1.29 is 28.2 Å². The third-order valence-corrected chi connectivity index (χ3v) is 6.85. The number of halogens is 2. The van der Waals surface area contributed by atoms with Gasteiger partial charge in [-0.25, -0.2) is 4.39 Å². The van der Waals surface area contributed by atoms with Gasteiger partial charge in [0.1, 0.15) is 17.1 Å². The van der Waals surface area contributed by atoms with Gasteiger partial charge in [-0.05, 0) is 50.2 Å². The number of rotatable bonds is 2. The molecule has 166 valence electrons. The van der Waals surface area contributed by atoms with E-state index in [2.05, 4.69) is 5.32 Å². The molecule has 0 aliphatic carbocycles. The van der Waals surface area contributed by atoms with Crippen molar-refractivity contribution in [2.24, 2.45) is 11.8 Å². The van der Waals surface area contributed by atoms with Gasteiger partial charge in [0.15, 0.2) is 0 Å². The van der Waals surface area contributed by atoms with E-state index >= 15 is 0 Å². The predicted octanol–water partition coefficient (Wildman–Crippen LogP) is 3.57. The lowest BCUT2D eigenvalue weighted by Gasteiger charge is -2.38. The van der Waals surface area contributed by atoms with E-state index in [0.29, 0.717) is 16.3 Å². The number of carbonyl (C=O) groups excluding carboxylic acids is 3. The van der Waals surface area contributed by atoms with Crippen LogP contribution in [0.25, 0.3) is 0 Å². The van der Waals surface area contributed by atoms with Gasteiger partial charge in [-0.3, -0.25) is 14.4 Å². The maximum absolute atomic E-state index is 13.9. The van der Waals surface area contributed by atoms with E-state index in [1.54, 1.807) is 32.0 Å². The molecule has 3 heterocycles. The first kappa shape index (κ1) is 20.8. The molecule has 32 heavy (non-hydrogen) atoms. The fourth-order valence-corrected chi connectivity index (χ4v) is 5.44. The van der Waals surface area contributed by atoms with Crippen LogP contribution in [-0.2, 0) is 14.3 Å². The van der Waals surface area contributed by atoms with Crippen LogP contribution in [-0.4, -0.2) is 41.4 Å². The molecule has 2 aromatic rings. The fourth-order valence-electron chi connectivity index (χ4n) is 5.26. The zero-order valence-corrected chi connectivity index (χ0v) is 18.1. The second kappa shape index (κ2) is 7.20. The van der Waals surface area contributed by atoms with Crippen LogP contribution < -0.4 is 10.1 Å². The maximum Gasteiger partial charge on any atom is 0.312 e. The van der Waals surface area contributed by atoms with E-state index in [0.717, 1.165) is 12.1 Å². The van der Waals surface area contributed by atoms with Gasteiger partial charge in [-0.1, -0.05) is 11.6 Å². The quantitative estimate of drug-likeness (QED) is 0.695. The molecule has 4 atom stereocenters. The standard InChI is InChI=1S/C23H20ClFN2O5/c1-3-31-21(29)18-15-10-32-17-7-4-11(24)8-14(17)19(15)27-20(28)13-6-5-12(25)9-16(13)26-22(30)23(18,27)2/h4-9,15,18-19H,3,10H2,1-2H3,(H,26,30)/t15-,18-,19+,23-/m1/s1. The van der Waals surface area contributed by atoms with Crippen LogP contribution in [0.4, 0.5) is 10.1 Å². The van der Waals surface area contributed by atoms with Crippen LogP contribution in [0.5, 0.6) is 5.75 Å². The first-order valence-electron chi connectivity index (χ1n) is 10.3. The number of ether oxygens (including phenoxy) is 2. The molecule has 0 radical (unpaired) electrons. The summed E-state index contributed by atoms with van der Waals surface area (Å²) < 4.78 is 25.1. The average Bonchev–Trinajstić information content (AvgIpc) is 2.99. The monoisotopic (exact) mass is 458 g/mol. The largest absolute Gasteiger partial charge is 0.493 e. The number of amides is 2. The zero-order chi connectivity index (χ0) is 22.8. The van der Waals surface area contributed by atoms with Gasteiger partial charge in [0, 0.05) is 16.5 Å². The minimum atomic E-state index is -1.60. The molecule has 3 aliphatic heterocycles. The zero-order valence-electron chi connectivity index (χ0n) is 17.4. The number of fused-ring (bicyclic) bond motifs is 6. The SMILES string of the molecule is CCOC(=O)[C@H]1[C@H]2COc3ccc(Cl)cc3[C@@H]2N2C(=O)c3ccc(F)cc3NC(=O)[C@@]12C. The fraction of sp³-hybridized carbons (Fsp3) is 0.348. The second-order valence-corrected chi connectivity index (χ2v) is 8.73. The Morgan fingerprint density at radius 1 is 1.31 bits per heavy atom. The summed E-state index contributed by atoms with van der Waals surface area (Å²) in [4.78, 5) is 42.0. The number of esters is 1. The number of nitrogens with zero attached hydrogens (tertiary/aromatic N) is 1. The Labute approximate surface area is 188 Å². The van der Waals surface area contributed by atoms with Gasteiger partial charge in [0.25, 0.3) is 11.8 Å². The minimum absolute atomic E-state index is 0.0631. The van der Waals surface area contributed by atoms with E-state index in [1.165, 1.54) is 11.0 Å². The van der Waals surface area contributed by atoms with Crippen molar-refractivity contribution in [1.82, 2.24) is 4.90 Å². The van der Waals surface area contributed by atoms with Gasteiger partial charge < -0.3 is 19.7 Å². The predicted molar refractivity (Wildman–Crippen MR) is 113 cm³/mol. The molecular weight excluding hydrogens is 439 g/mol. The lowest BCUT2D eigenvalue weighted by molar-refractivity contribution is -0.155. The van der Waals surface area contributed by atoms with Gasteiger partial charge in [0.05, 0.1) is 36.4 Å². The van der Waals surface area contributed by atoms with Crippen molar-refractivity contribution in [3.8, 4) is 5.75 Å². The summed E-state index contributed by atoms with van der Waals surface area (Å²) in [6, 6.07) is 8.00. The number of hydrogen-bond acceptors (Lipinski definition) is 5. The van der Waals surface area contributed by atoms with Crippen LogP contribution in [0.2, 0.25) is 5.02 Å². The number of anilines is 1. The molecule has 2 amide bonds. The van der Waals surface area contributed by atoms with E-state index < -0.39 is 47.0 Å². The van der Waals surface area contributed by atoms with Crippen molar-refractivity contribution in [3.05, 3.63) is 58.4 Å². The van der Waals surface area contributed by atoms with Crippen LogP contribution in [0.15, 0.2) is 36.4 Å². The Morgan fingerprint density at radius 2 is 2.09 bits per heavy atom. The molecule has 0 unspecified atom stereocenters. The smallest absolute Gasteiger partial charge is 0.312 e. The maximum atomic E-state index is 13.9. The normalized spacial score (nSPS) is 27.9. The minimum Gasteiger partial charge on any atom is -0.493 e. The summed E-state index contributed by atoms with van der Waals surface area (Å²) in [5.41, 5.74) is -0.782. The topological polar surface area (TPSA) is 84.9 Å². The molecule has 0 bridgehead atoms. The van der Waals surface area contributed by atoms with E-state index in [1.807, 2.05) is 0 Å². The number of carbonyl (C=O) groups is 3. The molecule has 1 fully saturated rings. The molecule has 5 rings (SSSR count). The van der Waals surface area contributed by atoms with Crippen molar-refractivity contribution >= 4 is 35.1 Å². The summed E-state index contributed by atoms with van der Waals surface area (Å²) in [5.74, 6) is -3.28. The van der Waals surface area contributed by atoms with Gasteiger partial charge in [-0.2, -0.15) is 0 Å². The number of hydrogen-bond donors (Lipinski definition) is 1. The molecule has 0 spiro atoms. The second-order valence-electron chi connectivity index (χ2n) is 8.30. The molecule has 1 saturated heterocycles. The highest BCUT2D eigenvalue weighted by Gasteiger charge is 2.67. The summed E-state index contributed by atoms with van der Waals surface area (Å²) in [6.45, 7) is 3.46. The molecule has 0 aromatic heterocycles. The first-order chi connectivity index (χ1) is 15.3. The Kier molecular flexibility index (Phi) is 4.67. The molecule has 0 saturated carbocycles. The van der Waals surface area contributed by atoms with Crippen molar-refractivity contribution in [2.45, 2.75) is 25.4 Å². The third-order valence-electron chi connectivity index (χ3n) is 6.62. The highest BCUT2D eigenvalue weighted by molar-refractivity contribution is 6.30. The average molecular weight is 459 g/mol. The van der Waals surface area contributed by atoms with Crippen molar-refractivity contribution in [1.29, 1.82) is 0 Å².